The maximum atomic E-state index is 11.2. The van der Waals surface area contributed by atoms with Crippen LogP contribution in [0.1, 0.15) is 32.4 Å². The summed E-state index contributed by atoms with van der Waals surface area (Å²) in [6, 6.07) is 8.06. The fourth-order valence-electron chi connectivity index (χ4n) is 1.56. The molecule has 0 saturated carbocycles. The zero-order chi connectivity index (χ0) is 12.7. The van der Waals surface area contributed by atoms with Gasteiger partial charge in [0.25, 0.3) is 0 Å². The van der Waals surface area contributed by atoms with Crippen LogP contribution in [0.5, 0.6) is 0 Å². The second-order valence-corrected chi connectivity index (χ2v) is 3.75. The van der Waals surface area contributed by atoms with Crippen molar-refractivity contribution in [3.8, 4) is 0 Å². The molecule has 1 atom stereocenters. The van der Waals surface area contributed by atoms with Gasteiger partial charge in [-0.05, 0) is 38.1 Å². The molecule has 0 fully saturated rings. The van der Waals surface area contributed by atoms with E-state index in [0.717, 1.165) is 12.2 Å². The summed E-state index contributed by atoms with van der Waals surface area (Å²) < 4.78 is 4.80. The van der Waals surface area contributed by atoms with E-state index in [0.29, 0.717) is 12.6 Å². The molecule has 4 nitrogen and oxygen atoms in total. The Labute approximate surface area is 102 Å². The average molecular weight is 236 g/mol. The molecule has 0 radical (unpaired) electrons. The van der Waals surface area contributed by atoms with E-state index < -0.39 is 6.09 Å². The Balaban J connectivity index is 2.58. The van der Waals surface area contributed by atoms with Gasteiger partial charge >= 0.3 is 6.09 Å². The predicted molar refractivity (Wildman–Crippen MR) is 69.2 cm³/mol. The van der Waals surface area contributed by atoms with Crippen LogP contribution >= 0.6 is 0 Å². The first-order valence-corrected chi connectivity index (χ1v) is 5.94. The molecule has 2 N–H and O–H groups in total. The molecule has 0 aliphatic rings. The van der Waals surface area contributed by atoms with Gasteiger partial charge in [-0.15, -0.1) is 0 Å². The Hall–Kier alpha value is -1.55. The van der Waals surface area contributed by atoms with Crippen molar-refractivity contribution in [3.63, 3.8) is 0 Å². The highest BCUT2D eigenvalue weighted by Crippen LogP contribution is 2.15. The summed E-state index contributed by atoms with van der Waals surface area (Å²) in [5.74, 6) is 0. The molecule has 0 heterocycles. The topological polar surface area (TPSA) is 50.4 Å². The van der Waals surface area contributed by atoms with Crippen molar-refractivity contribution in [3.05, 3.63) is 29.8 Å². The van der Waals surface area contributed by atoms with Crippen LogP contribution in [-0.4, -0.2) is 19.2 Å². The summed E-state index contributed by atoms with van der Waals surface area (Å²) in [5.41, 5.74) is 1.94. The van der Waals surface area contributed by atoms with Crippen molar-refractivity contribution in [2.24, 2.45) is 0 Å². The number of hydrogen-bond acceptors (Lipinski definition) is 3. The van der Waals surface area contributed by atoms with Gasteiger partial charge in [0.2, 0.25) is 0 Å². The molecule has 1 unspecified atom stereocenters. The minimum Gasteiger partial charge on any atom is -0.450 e. The third kappa shape index (κ3) is 4.44. The van der Waals surface area contributed by atoms with E-state index in [1.807, 2.05) is 24.3 Å². The van der Waals surface area contributed by atoms with Gasteiger partial charge in [-0.1, -0.05) is 19.1 Å². The Morgan fingerprint density at radius 2 is 1.94 bits per heavy atom. The van der Waals surface area contributed by atoms with Crippen LogP contribution in [0, 0.1) is 0 Å². The van der Waals surface area contributed by atoms with Crippen molar-refractivity contribution in [1.29, 1.82) is 0 Å². The van der Waals surface area contributed by atoms with Gasteiger partial charge < -0.3 is 10.1 Å². The van der Waals surface area contributed by atoms with E-state index in [4.69, 9.17) is 4.74 Å². The van der Waals surface area contributed by atoms with Gasteiger partial charge in [-0.25, -0.2) is 4.79 Å². The summed E-state index contributed by atoms with van der Waals surface area (Å²) in [4.78, 5) is 11.2. The molecule has 0 saturated heterocycles. The zero-order valence-electron chi connectivity index (χ0n) is 10.6. The van der Waals surface area contributed by atoms with Gasteiger partial charge in [-0.3, -0.25) is 5.32 Å². The number of ether oxygens (including phenoxy) is 1. The largest absolute Gasteiger partial charge is 0.450 e. The molecule has 1 aromatic rings. The van der Waals surface area contributed by atoms with Gasteiger partial charge in [0, 0.05) is 11.7 Å². The Bertz CT molecular complexity index is 349. The first-order valence-electron chi connectivity index (χ1n) is 5.94. The lowest BCUT2D eigenvalue weighted by Crippen LogP contribution is -2.17. The molecule has 1 rings (SSSR count). The second-order valence-electron chi connectivity index (χ2n) is 3.75. The molecule has 94 valence electrons. The van der Waals surface area contributed by atoms with Crippen LogP contribution in [0.4, 0.5) is 10.5 Å². The van der Waals surface area contributed by atoms with Gasteiger partial charge in [0.15, 0.2) is 0 Å². The third-order valence-electron chi connectivity index (χ3n) is 2.44. The Morgan fingerprint density at radius 3 is 2.47 bits per heavy atom. The minimum atomic E-state index is -0.417. The highest BCUT2D eigenvalue weighted by atomic mass is 16.5. The van der Waals surface area contributed by atoms with E-state index in [1.165, 1.54) is 5.56 Å². The zero-order valence-corrected chi connectivity index (χ0v) is 10.6. The molecular weight excluding hydrogens is 216 g/mol. The lowest BCUT2D eigenvalue weighted by Gasteiger charge is -2.13. The van der Waals surface area contributed by atoms with E-state index in [-0.39, 0.29) is 0 Å². The van der Waals surface area contributed by atoms with Crippen LogP contribution in [0.2, 0.25) is 0 Å². The molecule has 0 aliphatic heterocycles. The van der Waals surface area contributed by atoms with Crippen LogP contribution < -0.4 is 10.6 Å². The summed E-state index contributed by atoms with van der Waals surface area (Å²) in [6.07, 6.45) is -0.417. The van der Waals surface area contributed by atoms with Crippen molar-refractivity contribution in [1.82, 2.24) is 5.32 Å². The number of benzene rings is 1. The number of hydrogen-bond donors (Lipinski definition) is 2. The summed E-state index contributed by atoms with van der Waals surface area (Å²) in [7, 11) is 0. The molecule has 0 spiro atoms. The van der Waals surface area contributed by atoms with Crippen molar-refractivity contribution in [2.45, 2.75) is 26.8 Å². The van der Waals surface area contributed by atoms with Crippen LogP contribution in [0.3, 0.4) is 0 Å². The lowest BCUT2D eigenvalue weighted by molar-refractivity contribution is 0.168. The summed E-state index contributed by atoms with van der Waals surface area (Å²) in [6.45, 7) is 7.27. The van der Waals surface area contributed by atoms with Crippen molar-refractivity contribution in [2.75, 3.05) is 18.5 Å². The highest BCUT2D eigenvalue weighted by molar-refractivity contribution is 5.84. The third-order valence-corrected chi connectivity index (χ3v) is 2.44. The minimum absolute atomic E-state index is 0.316. The van der Waals surface area contributed by atoms with Gasteiger partial charge in [0.05, 0.1) is 6.61 Å². The van der Waals surface area contributed by atoms with Crippen molar-refractivity contribution < 1.29 is 9.53 Å². The van der Waals surface area contributed by atoms with Crippen LogP contribution in [0.25, 0.3) is 0 Å². The molecule has 4 heteroatoms. The van der Waals surface area contributed by atoms with Crippen LogP contribution in [0.15, 0.2) is 24.3 Å². The molecular formula is C13H20N2O2. The summed E-state index contributed by atoms with van der Waals surface area (Å²) in [5, 5.41) is 5.99. The number of anilines is 1. The fourth-order valence-corrected chi connectivity index (χ4v) is 1.56. The van der Waals surface area contributed by atoms with E-state index >= 15 is 0 Å². The average Bonchev–Trinajstić information content (AvgIpc) is 2.30. The van der Waals surface area contributed by atoms with Crippen molar-refractivity contribution >= 4 is 11.8 Å². The normalized spacial score (nSPS) is 11.9. The quantitative estimate of drug-likeness (QED) is 0.826. The molecule has 17 heavy (non-hydrogen) atoms. The SMILES string of the molecule is CCNC(C)c1ccc(NC(=O)OCC)cc1. The van der Waals surface area contributed by atoms with Crippen LogP contribution in [-0.2, 0) is 4.74 Å². The number of rotatable bonds is 5. The van der Waals surface area contributed by atoms with E-state index in [1.54, 1.807) is 6.92 Å². The number of carbonyl (C=O) groups excluding carboxylic acids is 1. The first kappa shape index (κ1) is 13.5. The summed E-state index contributed by atoms with van der Waals surface area (Å²) >= 11 is 0. The highest BCUT2D eigenvalue weighted by Gasteiger charge is 2.05. The second kappa shape index (κ2) is 6.91. The number of nitrogens with one attached hydrogen (secondary N) is 2. The standard InChI is InChI=1S/C13H20N2O2/c1-4-14-10(3)11-6-8-12(9-7-11)15-13(16)17-5-2/h6-10,14H,4-5H2,1-3H3,(H,15,16). The number of amides is 1. The first-order chi connectivity index (χ1) is 8.17. The lowest BCUT2D eigenvalue weighted by atomic mass is 10.1. The van der Waals surface area contributed by atoms with E-state index in [9.17, 15) is 4.79 Å². The molecule has 1 aromatic carbocycles. The monoisotopic (exact) mass is 236 g/mol. The van der Waals surface area contributed by atoms with E-state index in [2.05, 4.69) is 24.5 Å². The molecule has 1 amide bonds. The van der Waals surface area contributed by atoms with Gasteiger partial charge in [0.1, 0.15) is 0 Å². The molecule has 0 bridgehead atoms. The maximum absolute atomic E-state index is 11.2. The predicted octanol–water partition coefficient (Wildman–Crippen LogP) is 2.93. The molecule has 0 aliphatic carbocycles. The molecule has 0 aromatic heterocycles. The number of carbonyl (C=O) groups is 1. The van der Waals surface area contributed by atoms with Gasteiger partial charge in [-0.2, -0.15) is 0 Å². The fraction of sp³-hybridized carbons (Fsp3) is 0.462. The Morgan fingerprint density at radius 1 is 1.29 bits per heavy atom. The Kier molecular flexibility index (Phi) is 5.49. The maximum Gasteiger partial charge on any atom is 0.411 e. The smallest absolute Gasteiger partial charge is 0.411 e.